The van der Waals surface area contributed by atoms with E-state index < -0.39 is 0 Å². The molecule has 102 valence electrons. The summed E-state index contributed by atoms with van der Waals surface area (Å²) in [5.41, 5.74) is 0.0968. The van der Waals surface area contributed by atoms with Gasteiger partial charge in [-0.05, 0) is 25.7 Å². The van der Waals surface area contributed by atoms with E-state index in [1.54, 1.807) is 0 Å². The highest BCUT2D eigenvalue weighted by atomic mass is 16.5. The SMILES string of the molecule is O=C(C1CCCO1)N1CCNCC12CCCCC2. The first kappa shape index (κ1) is 12.4. The van der Waals surface area contributed by atoms with Crippen molar-refractivity contribution in [3.8, 4) is 0 Å². The Labute approximate surface area is 109 Å². The van der Waals surface area contributed by atoms with E-state index in [-0.39, 0.29) is 17.6 Å². The van der Waals surface area contributed by atoms with Crippen LogP contribution in [-0.4, -0.2) is 48.7 Å². The third-order valence-electron chi connectivity index (χ3n) is 4.79. The first-order valence-corrected chi connectivity index (χ1v) is 7.46. The first-order valence-electron chi connectivity index (χ1n) is 7.46. The van der Waals surface area contributed by atoms with Crippen molar-refractivity contribution in [3.05, 3.63) is 0 Å². The van der Waals surface area contributed by atoms with Gasteiger partial charge in [0.1, 0.15) is 6.10 Å². The molecule has 4 nitrogen and oxygen atoms in total. The van der Waals surface area contributed by atoms with Crippen molar-refractivity contribution < 1.29 is 9.53 Å². The zero-order chi connectivity index (χ0) is 12.4. The molecule has 3 aliphatic rings. The first-order chi connectivity index (χ1) is 8.82. The van der Waals surface area contributed by atoms with Gasteiger partial charge in [0.05, 0.1) is 5.54 Å². The summed E-state index contributed by atoms with van der Waals surface area (Å²) < 4.78 is 5.59. The lowest BCUT2D eigenvalue weighted by atomic mass is 9.78. The third-order valence-corrected chi connectivity index (χ3v) is 4.79. The van der Waals surface area contributed by atoms with Gasteiger partial charge in [0.15, 0.2) is 0 Å². The average molecular weight is 252 g/mol. The van der Waals surface area contributed by atoms with Gasteiger partial charge in [-0.25, -0.2) is 0 Å². The maximum Gasteiger partial charge on any atom is 0.252 e. The van der Waals surface area contributed by atoms with Crippen LogP contribution >= 0.6 is 0 Å². The predicted octanol–water partition coefficient (Wildman–Crippen LogP) is 1.30. The molecule has 1 saturated carbocycles. The molecule has 1 aliphatic carbocycles. The van der Waals surface area contributed by atoms with E-state index in [0.29, 0.717) is 0 Å². The molecule has 4 heteroatoms. The Kier molecular flexibility index (Phi) is 3.57. The Bertz CT molecular complexity index is 299. The van der Waals surface area contributed by atoms with Crippen molar-refractivity contribution in [2.75, 3.05) is 26.2 Å². The van der Waals surface area contributed by atoms with E-state index in [0.717, 1.165) is 39.1 Å². The second-order valence-electron chi connectivity index (χ2n) is 5.95. The van der Waals surface area contributed by atoms with E-state index in [1.165, 1.54) is 32.1 Å². The molecule has 1 spiro atoms. The van der Waals surface area contributed by atoms with Crippen LogP contribution in [0.15, 0.2) is 0 Å². The summed E-state index contributed by atoms with van der Waals surface area (Å²) in [6, 6.07) is 0. The van der Waals surface area contributed by atoms with Crippen LogP contribution in [0.5, 0.6) is 0 Å². The van der Waals surface area contributed by atoms with Crippen molar-refractivity contribution in [1.29, 1.82) is 0 Å². The second-order valence-corrected chi connectivity index (χ2v) is 5.95. The Hall–Kier alpha value is -0.610. The number of nitrogens with one attached hydrogen (secondary N) is 1. The molecule has 18 heavy (non-hydrogen) atoms. The molecule has 1 N–H and O–H groups in total. The van der Waals surface area contributed by atoms with Crippen molar-refractivity contribution in [2.45, 2.75) is 56.6 Å². The standard InChI is InChI=1S/C14H24N2O2/c17-13(12-5-4-10-18-12)16-9-8-15-11-14(16)6-2-1-3-7-14/h12,15H,1-11H2. The van der Waals surface area contributed by atoms with Crippen LogP contribution in [0, 0.1) is 0 Å². The minimum Gasteiger partial charge on any atom is -0.368 e. The average Bonchev–Trinajstić information content (AvgIpc) is 2.93. The van der Waals surface area contributed by atoms with E-state index in [9.17, 15) is 4.79 Å². The highest BCUT2D eigenvalue weighted by Crippen LogP contribution is 2.35. The number of amides is 1. The van der Waals surface area contributed by atoms with Gasteiger partial charge >= 0.3 is 0 Å². The largest absolute Gasteiger partial charge is 0.368 e. The van der Waals surface area contributed by atoms with Crippen molar-refractivity contribution in [3.63, 3.8) is 0 Å². The zero-order valence-corrected chi connectivity index (χ0v) is 11.1. The minimum atomic E-state index is -0.151. The number of carbonyl (C=O) groups excluding carboxylic acids is 1. The molecule has 0 aromatic carbocycles. The summed E-state index contributed by atoms with van der Waals surface area (Å²) in [6.07, 6.45) is 7.98. The zero-order valence-electron chi connectivity index (χ0n) is 11.1. The lowest BCUT2D eigenvalue weighted by Gasteiger charge is -2.50. The lowest BCUT2D eigenvalue weighted by Crippen LogP contribution is -2.65. The van der Waals surface area contributed by atoms with Crippen LogP contribution in [0.1, 0.15) is 44.9 Å². The van der Waals surface area contributed by atoms with Crippen LogP contribution < -0.4 is 5.32 Å². The maximum absolute atomic E-state index is 12.6. The Morgan fingerprint density at radius 3 is 2.78 bits per heavy atom. The fourth-order valence-electron chi connectivity index (χ4n) is 3.79. The normalized spacial score (nSPS) is 31.8. The molecule has 3 fully saturated rings. The van der Waals surface area contributed by atoms with E-state index >= 15 is 0 Å². The molecule has 3 rings (SSSR count). The molecule has 0 bridgehead atoms. The molecular weight excluding hydrogens is 228 g/mol. The number of rotatable bonds is 1. The van der Waals surface area contributed by atoms with Gasteiger partial charge in [0.25, 0.3) is 5.91 Å². The van der Waals surface area contributed by atoms with Crippen LogP contribution in [-0.2, 0) is 9.53 Å². The minimum absolute atomic E-state index is 0.0968. The van der Waals surface area contributed by atoms with Crippen molar-refractivity contribution in [1.82, 2.24) is 10.2 Å². The Morgan fingerprint density at radius 2 is 2.06 bits per heavy atom. The number of carbonyl (C=O) groups is 1. The summed E-state index contributed by atoms with van der Waals surface area (Å²) in [5.74, 6) is 0.260. The topological polar surface area (TPSA) is 41.6 Å². The van der Waals surface area contributed by atoms with Gasteiger partial charge < -0.3 is 15.0 Å². The van der Waals surface area contributed by atoms with Crippen LogP contribution in [0.3, 0.4) is 0 Å². The Morgan fingerprint density at radius 1 is 1.22 bits per heavy atom. The summed E-state index contributed by atoms with van der Waals surface area (Å²) in [5, 5.41) is 3.49. The second kappa shape index (κ2) is 5.17. The predicted molar refractivity (Wildman–Crippen MR) is 69.4 cm³/mol. The molecule has 1 unspecified atom stereocenters. The smallest absolute Gasteiger partial charge is 0.252 e. The quantitative estimate of drug-likeness (QED) is 0.765. The lowest BCUT2D eigenvalue weighted by molar-refractivity contribution is -0.150. The van der Waals surface area contributed by atoms with Gasteiger partial charge in [-0.15, -0.1) is 0 Å². The summed E-state index contributed by atoms with van der Waals surface area (Å²) in [6.45, 7) is 3.53. The molecule has 0 aromatic rings. The van der Waals surface area contributed by atoms with Crippen LogP contribution in [0.4, 0.5) is 0 Å². The van der Waals surface area contributed by atoms with E-state index in [4.69, 9.17) is 4.74 Å². The fraction of sp³-hybridized carbons (Fsp3) is 0.929. The third kappa shape index (κ3) is 2.16. The highest BCUT2D eigenvalue weighted by Gasteiger charge is 2.44. The highest BCUT2D eigenvalue weighted by molar-refractivity contribution is 5.82. The number of nitrogens with zero attached hydrogens (tertiary/aromatic N) is 1. The molecule has 0 radical (unpaired) electrons. The summed E-state index contributed by atoms with van der Waals surface area (Å²) in [4.78, 5) is 14.8. The van der Waals surface area contributed by atoms with Crippen LogP contribution in [0.25, 0.3) is 0 Å². The molecule has 2 heterocycles. The number of hydrogen-bond donors (Lipinski definition) is 1. The molecule has 0 aromatic heterocycles. The van der Waals surface area contributed by atoms with Gasteiger partial charge in [-0.1, -0.05) is 19.3 Å². The van der Waals surface area contributed by atoms with Crippen LogP contribution in [0.2, 0.25) is 0 Å². The molecule has 2 saturated heterocycles. The molecule has 1 atom stereocenters. The number of hydrogen-bond acceptors (Lipinski definition) is 3. The monoisotopic (exact) mass is 252 g/mol. The van der Waals surface area contributed by atoms with Gasteiger partial charge in [0, 0.05) is 26.2 Å². The molecule has 1 amide bonds. The molecular formula is C14H24N2O2. The van der Waals surface area contributed by atoms with E-state index in [2.05, 4.69) is 10.2 Å². The van der Waals surface area contributed by atoms with Gasteiger partial charge in [-0.3, -0.25) is 4.79 Å². The number of ether oxygens (including phenoxy) is 1. The van der Waals surface area contributed by atoms with Gasteiger partial charge in [-0.2, -0.15) is 0 Å². The summed E-state index contributed by atoms with van der Waals surface area (Å²) >= 11 is 0. The maximum atomic E-state index is 12.6. The van der Waals surface area contributed by atoms with Crippen molar-refractivity contribution in [2.24, 2.45) is 0 Å². The van der Waals surface area contributed by atoms with Crippen molar-refractivity contribution >= 4 is 5.91 Å². The van der Waals surface area contributed by atoms with E-state index in [1.807, 2.05) is 0 Å². The summed E-state index contributed by atoms with van der Waals surface area (Å²) in [7, 11) is 0. The fourth-order valence-corrected chi connectivity index (χ4v) is 3.79. The Balaban J connectivity index is 1.76. The van der Waals surface area contributed by atoms with Gasteiger partial charge in [0.2, 0.25) is 0 Å². The molecule has 2 aliphatic heterocycles. The number of piperazine rings is 1.